The van der Waals surface area contributed by atoms with Crippen molar-refractivity contribution >= 4 is 41.0 Å². The molecular formula is C24H28N4O3S. The Labute approximate surface area is 192 Å². The fourth-order valence-electron chi connectivity index (χ4n) is 4.11. The lowest BCUT2D eigenvalue weighted by atomic mass is 10.1. The molecule has 0 radical (unpaired) electrons. The maximum Gasteiger partial charge on any atom is 0.321 e. The Morgan fingerprint density at radius 2 is 1.84 bits per heavy atom. The molecule has 2 saturated heterocycles. The SMILES string of the molecule is CSc1ccc(N2CC(C(=O)NCc3cccc(NC(=O)N4CCCC4)c3)CC2=O)cc1. The van der Waals surface area contributed by atoms with Crippen molar-refractivity contribution in [3.63, 3.8) is 0 Å². The largest absolute Gasteiger partial charge is 0.352 e. The van der Waals surface area contributed by atoms with Gasteiger partial charge in [0.1, 0.15) is 0 Å². The first-order valence-electron chi connectivity index (χ1n) is 10.9. The van der Waals surface area contributed by atoms with Crippen LogP contribution in [0.5, 0.6) is 0 Å². The summed E-state index contributed by atoms with van der Waals surface area (Å²) in [5.74, 6) is -0.539. The number of rotatable bonds is 6. The monoisotopic (exact) mass is 452 g/mol. The van der Waals surface area contributed by atoms with Gasteiger partial charge in [-0.15, -0.1) is 11.8 Å². The lowest BCUT2D eigenvalue weighted by Gasteiger charge is -2.17. The van der Waals surface area contributed by atoms with E-state index in [-0.39, 0.29) is 30.2 Å². The van der Waals surface area contributed by atoms with Crippen LogP contribution in [0.1, 0.15) is 24.8 Å². The lowest BCUT2D eigenvalue weighted by molar-refractivity contribution is -0.126. The van der Waals surface area contributed by atoms with Gasteiger partial charge in [0, 0.05) is 48.9 Å². The van der Waals surface area contributed by atoms with E-state index in [4.69, 9.17) is 0 Å². The van der Waals surface area contributed by atoms with Crippen LogP contribution in [0.3, 0.4) is 0 Å². The molecule has 0 spiro atoms. The topological polar surface area (TPSA) is 81.8 Å². The number of urea groups is 1. The van der Waals surface area contributed by atoms with Gasteiger partial charge in [-0.3, -0.25) is 9.59 Å². The summed E-state index contributed by atoms with van der Waals surface area (Å²) in [6, 6.07) is 15.2. The van der Waals surface area contributed by atoms with Gasteiger partial charge in [-0.2, -0.15) is 0 Å². The third kappa shape index (κ3) is 5.24. The minimum absolute atomic E-state index is 0.0336. The molecule has 2 aromatic rings. The Bertz CT molecular complexity index is 989. The number of anilines is 2. The molecule has 0 aromatic heterocycles. The van der Waals surface area contributed by atoms with Gasteiger partial charge >= 0.3 is 6.03 Å². The van der Waals surface area contributed by atoms with Gasteiger partial charge in [0.2, 0.25) is 11.8 Å². The molecule has 168 valence electrons. The Hall–Kier alpha value is -3.00. The van der Waals surface area contributed by atoms with Crippen LogP contribution in [-0.4, -0.2) is 48.6 Å². The van der Waals surface area contributed by atoms with Crippen LogP contribution < -0.4 is 15.5 Å². The van der Waals surface area contributed by atoms with Gasteiger partial charge < -0.3 is 20.4 Å². The first-order chi connectivity index (χ1) is 15.5. The summed E-state index contributed by atoms with van der Waals surface area (Å²) in [6.07, 6.45) is 4.31. The van der Waals surface area contributed by atoms with Crippen LogP contribution in [0.25, 0.3) is 0 Å². The van der Waals surface area contributed by atoms with E-state index in [1.54, 1.807) is 16.7 Å². The highest BCUT2D eigenvalue weighted by Crippen LogP contribution is 2.27. The third-order valence-electron chi connectivity index (χ3n) is 5.92. The van der Waals surface area contributed by atoms with E-state index in [0.717, 1.165) is 42.1 Å². The molecule has 8 heteroatoms. The Balaban J connectivity index is 1.30. The molecular weight excluding hydrogens is 424 g/mol. The zero-order valence-electron chi connectivity index (χ0n) is 18.2. The van der Waals surface area contributed by atoms with Gasteiger partial charge in [-0.05, 0) is 61.1 Å². The zero-order valence-corrected chi connectivity index (χ0v) is 19.0. The molecule has 2 aromatic carbocycles. The molecule has 0 aliphatic carbocycles. The van der Waals surface area contributed by atoms with E-state index < -0.39 is 0 Å². The van der Waals surface area contributed by atoms with Crippen LogP contribution in [0.2, 0.25) is 0 Å². The van der Waals surface area contributed by atoms with Crippen molar-refractivity contribution in [1.29, 1.82) is 0 Å². The van der Waals surface area contributed by atoms with Crippen LogP contribution in [-0.2, 0) is 16.1 Å². The van der Waals surface area contributed by atoms with Crippen LogP contribution in [0.4, 0.5) is 16.2 Å². The van der Waals surface area contributed by atoms with Crippen molar-refractivity contribution in [3.8, 4) is 0 Å². The fraction of sp³-hybridized carbons (Fsp3) is 0.375. The minimum atomic E-state index is -0.374. The average molecular weight is 453 g/mol. The van der Waals surface area contributed by atoms with Crippen molar-refractivity contribution in [2.75, 3.05) is 36.1 Å². The summed E-state index contributed by atoms with van der Waals surface area (Å²) >= 11 is 1.65. The van der Waals surface area contributed by atoms with E-state index in [2.05, 4.69) is 10.6 Å². The van der Waals surface area contributed by atoms with Gasteiger partial charge in [-0.25, -0.2) is 4.79 Å². The van der Waals surface area contributed by atoms with Gasteiger partial charge in [0.25, 0.3) is 0 Å². The van der Waals surface area contributed by atoms with Gasteiger partial charge in [0.05, 0.1) is 5.92 Å². The molecule has 2 fully saturated rings. The van der Waals surface area contributed by atoms with E-state index >= 15 is 0 Å². The molecule has 4 amide bonds. The van der Waals surface area contributed by atoms with E-state index in [9.17, 15) is 14.4 Å². The third-order valence-corrected chi connectivity index (χ3v) is 6.66. The van der Waals surface area contributed by atoms with Crippen molar-refractivity contribution in [1.82, 2.24) is 10.2 Å². The molecule has 2 heterocycles. The summed E-state index contributed by atoms with van der Waals surface area (Å²) in [4.78, 5) is 42.1. The maximum absolute atomic E-state index is 12.7. The molecule has 2 aliphatic rings. The van der Waals surface area contributed by atoms with E-state index in [1.807, 2.05) is 59.7 Å². The summed E-state index contributed by atoms with van der Waals surface area (Å²) < 4.78 is 0. The highest BCUT2D eigenvalue weighted by molar-refractivity contribution is 7.98. The van der Waals surface area contributed by atoms with Crippen molar-refractivity contribution < 1.29 is 14.4 Å². The average Bonchev–Trinajstić information content (AvgIpc) is 3.48. The Morgan fingerprint density at radius 1 is 1.09 bits per heavy atom. The Morgan fingerprint density at radius 3 is 2.56 bits per heavy atom. The zero-order chi connectivity index (χ0) is 22.5. The first kappa shape index (κ1) is 22.2. The smallest absolute Gasteiger partial charge is 0.321 e. The highest BCUT2D eigenvalue weighted by Gasteiger charge is 2.35. The number of amides is 4. The summed E-state index contributed by atoms with van der Waals surface area (Å²) in [5.41, 5.74) is 2.43. The molecule has 2 N–H and O–H groups in total. The number of benzene rings is 2. The number of hydrogen-bond acceptors (Lipinski definition) is 4. The summed E-state index contributed by atoms with van der Waals surface area (Å²) in [5, 5.41) is 5.87. The van der Waals surface area contributed by atoms with Crippen LogP contribution in [0, 0.1) is 5.92 Å². The normalized spacial score (nSPS) is 18.2. The van der Waals surface area contributed by atoms with E-state index in [0.29, 0.717) is 18.8 Å². The predicted molar refractivity (Wildman–Crippen MR) is 127 cm³/mol. The van der Waals surface area contributed by atoms with Crippen molar-refractivity contribution in [3.05, 3.63) is 54.1 Å². The standard InChI is InChI=1S/C24H28N4O3S/c1-32-21-9-7-20(8-10-21)28-16-18(14-22(28)29)23(30)25-15-17-5-4-6-19(13-17)26-24(31)27-11-2-3-12-27/h4-10,13,18H,2-3,11-12,14-16H2,1H3,(H,25,30)(H,26,31). The summed E-state index contributed by atoms with van der Waals surface area (Å²) in [6.45, 7) is 2.31. The van der Waals surface area contributed by atoms with Crippen LogP contribution >= 0.6 is 11.8 Å². The quantitative estimate of drug-likeness (QED) is 0.655. The number of thioether (sulfide) groups is 1. The number of carbonyl (C=O) groups is 3. The van der Waals surface area contributed by atoms with Crippen LogP contribution in [0.15, 0.2) is 53.4 Å². The molecule has 32 heavy (non-hydrogen) atoms. The lowest BCUT2D eigenvalue weighted by Crippen LogP contribution is -2.33. The minimum Gasteiger partial charge on any atom is -0.352 e. The Kier molecular flexibility index (Phi) is 6.99. The molecule has 2 aliphatic heterocycles. The molecule has 1 unspecified atom stereocenters. The first-order valence-corrected chi connectivity index (χ1v) is 12.1. The molecule has 7 nitrogen and oxygen atoms in total. The number of nitrogens with one attached hydrogen (secondary N) is 2. The second-order valence-electron chi connectivity index (χ2n) is 8.15. The number of hydrogen-bond donors (Lipinski definition) is 2. The number of likely N-dealkylation sites (tertiary alicyclic amines) is 1. The fourth-order valence-corrected chi connectivity index (χ4v) is 4.52. The van der Waals surface area contributed by atoms with Crippen molar-refractivity contribution in [2.45, 2.75) is 30.7 Å². The van der Waals surface area contributed by atoms with Gasteiger partial charge in [-0.1, -0.05) is 12.1 Å². The predicted octanol–water partition coefficient (Wildman–Crippen LogP) is 3.71. The second kappa shape index (κ2) is 10.1. The molecule has 1 atom stereocenters. The highest BCUT2D eigenvalue weighted by atomic mass is 32.2. The van der Waals surface area contributed by atoms with Crippen molar-refractivity contribution in [2.24, 2.45) is 5.92 Å². The molecule has 0 saturated carbocycles. The number of carbonyl (C=O) groups excluding carboxylic acids is 3. The number of nitrogens with zero attached hydrogens (tertiary/aromatic N) is 2. The maximum atomic E-state index is 12.7. The second-order valence-corrected chi connectivity index (χ2v) is 9.03. The van der Waals surface area contributed by atoms with E-state index in [1.165, 1.54) is 0 Å². The molecule has 0 bridgehead atoms. The molecule has 4 rings (SSSR count). The van der Waals surface area contributed by atoms with Gasteiger partial charge in [0.15, 0.2) is 0 Å². The summed E-state index contributed by atoms with van der Waals surface area (Å²) in [7, 11) is 0.